The number of fused-ring (bicyclic) bond motifs is 1. The monoisotopic (exact) mass is 312 g/mol. The Kier molecular flexibility index (Phi) is 7.50. The summed E-state index contributed by atoms with van der Waals surface area (Å²) in [5.41, 5.74) is 6.70. The second-order valence-corrected chi connectivity index (χ2v) is 4.64. The van der Waals surface area contributed by atoms with Crippen LogP contribution in [0.25, 0.3) is 0 Å². The molecule has 3 atom stereocenters. The topological polar surface area (TPSA) is 105 Å². The zero-order valence-corrected chi connectivity index (χ0v) is 13.9. The first kappa shape index (κ1) is 18.6. The lowest BCUT2D eigenvalue weighted by molar-refractivity contribution is -0.00997. The van der Waals surface area contributed by atoms with E-state index >= 15 is 0 Å². The smallest absolute Gasteiger partial charge is 0.158 e. The molecule has 0 amide bonds. The number of nitrogen functional groups attached to an aromatic ring is 1. The van der Waals surface area contributed by atoms with Crippen LogP contribution in [-0.4, -0.2) is 51.8 Å². The number of hydrogen-bond donors (Lipinski definition) is 3. The Labute approximate surface area is 132 Å². The molecule has 1 aromatic rings. The van der Waals surface area contributed by atoms with Crippen LogP contribution in [0.4, 0.5) is 11.6 Å². The van der Waals surface area contributed by atoms with Crippen molar-refractivity contribution in [3.63, 3.8) is 0 Å². The summed E-state index contributed by atoms with van der Waals surface area (Å²) in [5, 5.41) is 19.1. The third-order valence-corrected chi connectivity index (χ3v) is 3.51. The van der Waals surface area contributed by atoms with Crippen molar-refractivity contribution in [2.45, 2.75) is 59.0 Å². The highest BCUT2D eigenvalue weighted by Gasteiger charge is 2.40. The highest BCUT2D eigenvalue weighted by molar-refractivity contribution is 5.61. The number of aliphatic hydroxyl groups excluding tert-OH is 2. The maximum atomic E-state index is 9.99. The molecular weight excluding hydrogens is 284 g/mol. The van der Waals surface area contributed by atoms with E-state index in [1.807, 2.05) is 32.6 Å². The number of ether oxygens (including phenoxy) is 1. The van der Waals surface area contributed by atoms with E-state index in [0.29, 0.717) is 18.8 Å². The Bertz CT molecular complexity index is 458. The molecule has 1 fully saturated rings. The molecule has 0 aromatic carbocycles. The van der Waals surface area contributed by atoms with Crippen molar-refractivity contribution >= 4 is 11.6 Å². The van der Waals surface area contributed by atoms with Gasteiger partial charge in [0, 0.05) is 18.5 Å². The predicted molar refractivity (Wildman–Crippen MR) is 86.6 cm³/mol. The molecule has 3 heterocycles. The molecule has 3 unspecified atom stereocenters. The normalized spacial score (nSPS) is 25.7. The van der Waals surface area contributed by atoms with E-state index in [1.54, 1.807) is 0 Å². The zero-order valence-electron chi connectivity index (χ0n) is 13.9. The van der Waals surface area contributed by atoms with Crippen LogP contribution in [0.15, 0.2) is 6.33 Å². The Morgan fingerprint density at radius 1 is 1.32 bits per heavy atom. The van der Waals surface area contributed by atoms with Crippen molar-refractivity contribution in [3.05, 3.63) is 11.9 Å². The largest absolute Gasteiger partial charge is 0.394 e. The van der Waals surface area contributed by atoms with Gasteiger partial charge in [0.15, 0.2) is 6.23 Å². The predicted octanol–water partition coefficient (Wildman–Crippen LogP) is 0.942. The number of hydrogen-bond acceptors (Lipinski definition) is 7. The van der Waals surface area contributed by atoms with Crippen LogP contribution >= 0.6 is 0 Å². The maximum Gasteiger partial charge on any atom is 0.158 e. The molecule has 1 saturated heterocycles. The molecule has 0 spiro atoms. The van der Waals surface area contributed by atoms with Crippen molar-refractivity contribution in [3.8, 4) is 0 Å². The Hall–Kier alpha value is -1.44. The van der Waals surface area contributed by atoms with Gasteiger partial charge in [-0.05, 0) is 6.42 Å². The lowest BCUT2D eigenvalue weighted by Crippen LogP contribution is -2.41. The molecule has 0 radical (unpaired) electrons. The summed E-state index contributed by atoms with van der Waals surface area (Å²) >= 11 is 0. The van der Waals surface area contributed by atoms with Gasteiger partial charge >= 0.3 is 0 Å². The van der Waals surface area contributed by atoms with E-state index in [-0.39, 0.29) is 12.7 Å². The molecule has 126 valence electrons. The molecule has 1 aromatic heterocycles. The van der Waals surface area contributed by atoms with E-state index < -0.39 is 12.3 Å². The quantitative estimate of drug-likeness (QED) is 0.746. The summed E-state index contributed by atoms with van der Waals surface area (Å²) < 4.78 is 5.63. The van der Waals surface area contributed by atoms with Crippen LogP contribution in [0.3, 0.4) is 0 Å². The Morgan fingerprint density at radius 2 is 2.00 bits per heavy atom. The highest BCUT2D eigenvalue weighted by atomic mass is 16.5. The SMILES string of the molecule is CC.CC.Nc1ncnc2c1CCN2C1OC(CO)CC1O. The molecule has 3 rings (SSSR count). The van der Waals surface area contributed by atoms with Crippen LogP contribution in [0.2, 0.25) is 0 Å². The second kappa shape index (κ2) is 8.87. The van der Waals surface area contributed by atoms with Crippen LogP contribution in [0.1, 0.15) is 39.7 Å². The maximum absolute atomic E-state index is 9.99. The first-order chi connectivity index (χ1) is 10.7. The number of aliphatic hydroxyl groups is 2. The van der Waals surface area contributed by atoms with Crippen LogP contribution in [0.5, 0.6) is 0 Å². The molecule has 0 saturated carbocycles. The number of aromatic nitrogens is 2. The number of rotatable bonds is 2. The molecule has 7 nitrogen and oxygen atoms in total. The molecule has 4 N–H and O–H groups in total. The van der Waals surface area contributed by atoms with Crippen LogP contribution < -0.4 is 10.6 Å². The second-order valence-electron chi connectivity index (χ2n) is 4.64. The summed E-state index contributed by atoms with van der Waals surface area (Å²) in [7, 11) is 0. The molecule has 22 heavy (non-hydrogen) atoms. The molecule has 2 aliphatic rings. The van der Waals surface area contributed by atoms with E-state index in [2.05, 4.69) is 9.97 Å². The van der Waals surface area contributed by atoms with Gasteiger partial charge in [0.1, 0.15) is 24.1 Å². The van der Waals surface area contributed by atoms with Crippen molar-refractivity contribution in [1.29, 1.82) is 0 Å². The van der Waals surface area contributed by atoms with Crippen molar-refractivity contribution < 1.29 is 14.9 Å². The molecular formula is C15H28N4O3. The molecule has 2 aliphatic heterocycles. The lowest BCUT2D eigenvalue weighted by atomic mass is 10.2. The summed E-state index contributed by atoms with van der Waals surface area (Å²) in [6.45, 7) is 8.61. The van der Waals surface area contributed by atoms with Gasteiger partial charge in [0.05, 0.1) is 12.7 Å². The standard InChI is InChI=1S/C11H16N4O3.2C2H6/c12-9-7-1-2-15(10(7)14-5-13-9)11-8(17)3-6(4-16)18-11;2*1-2/h5-6,8,11,16-17H,1-4H2,(H2,12,13,14);2*1-2H3. The summed E-state index contributed by atoms with van der Waals surface area (Å²) in [5.74, 6) is 1.21. The highest BCUT2D eigenvalue weighted by Crippen LogP contribution is 2.34. The van der Waals surface area contributed by atoms with Gasteiger partial charge in [-0.1, -0.05) is 27.7 Å². The van der Waals surface area contributed by atoms with Crippen molar-refractivity contribution in [2.24, 2.45) is 0 Å². The molecule has 0 bridgehead atoms. The van der Waals surface area contributed by atoms with Gasteiger partial charge in [-0.25, -0.2) is 9.97 Å². The van der Waals surface area contributed by atoms with Crippen molar-refractivity contribution in [2.75, 3.05) is 23.8 Å². The van der Waals surface area contributed by atoms with Gasteiger partial charge in [0.25, 0.3) is 0 Å². The fraction of sp³-hybridized carbons (Fsp3) is 0.733. The van der Waals surface area contributed by atoms with E-state index in [4.69, 9.17) is 15.6 Å². The average Bonchev–Trinajstić information content (AvgIpc) is 3.15. The fourth-order valence-electron chi connectivity index (χ4n) is 2.62. The van der Waals surface area contributed by atoms with Gasteiger partial charge in [0.2, 0.25) is 0 Å². The minimum Gasteiger partial charge on any atom is -0.394 e. The molecule has 0 aliphatic carbocycles. The fourth-order valence-corrected chi connectivity index (χ4v) is 2.62. The third-order valence-electron chi connectivity index (χ3n) is 3.51. The average molecular weight is 312 g/mol. The summed E-state index contributed by atoms with van der Waals surface area (Å²) in [4.78, 5) is 10.1. The first-order valence-corrected chi connectivity index (χ1v) is 8.01. The minimum absolute atomic E-state index is 0.0832. The van der Waals surface area contributed by atoms with Crippen LogP contribution in [-0.2, 0) is 11.2 Å². The Morgan fingerprint density at radius 3 is 2.59 bits per heavy atom. The number of anilines is 2. The van der Waals surface area contributed by atoms with Crippen LogP contribution in [0, 0.1) is 0 Å². The van der Waals surface area contributed by atoms with Gasteiger partial charge < -0.3 is 25.6 Å². The Balaban J connectivity index is 0.000000561. The number of nitrogens with two attached hydrogens (primary N) is 1. The lowest BCUT2D eigenvalue weighted by Gasteiger charge is -2.27. The summed E-state index contributed by atoms with van der Waals surface area (Å²) in [6.07, 6.45) is 1.21. The van der Waals surface area contributed by atoms with Gasteiger partial charge in [-0.2, -0.15) is 0 Å². The molecule has 7 heteroatoms. The van der Waals surface area contributed by atoms with Gasteiger partial charge in [-0.15, -0.1) is 0 Å². The van der Waals surface area contributed by atoms with Gasteiger partial charge in [-0.3, -0.25) is 0 Å². The van der Waals surface area contributed by atoms with Crippen molar-refractivity contribution in [1.82, 2.24) is 9.97 Å². The zero-order chi connectivity index (χ0) is 16.7. The first-order valence-electron chi connectivity index (χ1n) is 8.01. The number of nitrogens with zero attached hydrogens (tertiary/aromatic N) is 3. The van der Waals surface area contributed by atoms with E-state index in [1.165, 1.54) is 6.33 Å². The third kappa shape index (κ3) is 3.66. The van der Waals surface area contributed by atoms with E-state index in [9.17, 15) is 5.11 Å². The van der Waals surface area contributed by atoms with E-state index in [0.717, 1.165) is 17.8 Å². The summed E-state index contributed by atoms with van der Waals surface area (Å²) in [6, 6.07) is 0. The minimum atomic E-state index is -0.621.